The molecular weight excluding hydrogens is 755 g/mol. The third kappa shape index (κ3) is 4.89. The molecule has 1 atom stereocenters. The second kappa shape index (κ2) is 13.6. The molecule has 12 rings (SSSR count). The van der Waals surface area contributed by atoms with Crippen molar-refractivity contribution in [2.24, 2.45) is 5.92 Å². The Bertz CT molecular complexity index is 3900. The van der Waals surface area contributed by atoms with Gasteiger partial charge in [-0.3, -0.25) is 0 Å². The highest BCUT2D eigenvalue weighted by molar-refractivity contribution is 6.28. The number of nitriles is 1. The lowest BCUT2D eigenvalue weighted by molar-refractivity contribution is 0.735. The van der Waals surface area contributed by atoms with Crippen molar-refractivity contribution in [3.63, 3.8) is 0 Å². The summed E-state index contributed by atoms with van der Waals surface area (Å²) < 4.78 is 9.59. The summed E-state index contributed by atoms with van der Waals surface area (Å²) in [6.45, 7) is 8.66. The quantitative estimate of drug-likeness (QED) is 0.160. The summed E-state index contributed by atoms with van der Waals surface area (Å²) in [5.74, 6) is 0.458. The SMILES string of the molecule is C/C=C\C(=C/C)n1c2ccccc2c2c1ccc1c3ccccc3n(-c3cc(C)c(-n4c5ccccc5c5ccc6c(c7ccccc7n6C6=C[C@@H](C)CC=C6)c54)cc3C#N)c12. The van der Waals surface area contributed by atoms with Crippen LogP contribution in [0.25, 0.3) is 110 Å². The van der Waals surface area contributed by atoms with Gasteiger partial charge in [-0.2, -0.15) is 5.26 Å². The average Bonchev–Trinajstić information content (AvgIpc) is 4.03. The number of hydrogen-bond acceptors (Lipinski definition) is 1. The molecule has 5 nitrogen and oxygen atoms in total. The van der Waals surface area contributed by atoms with Gasteiger partial charge in [0.2, 0.25) is 0 Å². The number of nitrogens with zero attached hydrogens (tertiary/aromatic N) is 5. The van der Waals surface area contributed by atoms with Crippen molar-refractivity contribution >= 4 is 98.6 Å². The van der Waals surface area contributed by atoms with Gasteiger partial charge < -0.3 is 18.3 Å². The molecule has 62 heavy (non-hydrogen) atoms. The normalized spacial score (nSPS) is 14.9. The Hall–Kier alpha value is -7.81. The van der Waals surface area contributed by atoms with Gasteiger partial charge in [0.25, 0.3) is 0 Å². The molecule has 1 aliphatic carbocycles. The summed E-state index contributed by atoms with van der Waals surface area (Å²) >= 11 is 0. The number of benzene rings is 7. The molecule has 0 fully saturated rings. The minimum atomic E-state index is 0.458. The Labute approximate surface area is 359 Å². The zero-order valence-corrected chi connectivity index (χ0v) is 35.2. The van der Waals surface area contributed by atoms with Gasteiger partial charge in [-0.1, -0.05) is 116 Å². The first kappa shape index (κ1) is 36.1. The van der Waals surface area contributed by atoms with Crippen molar-refractivity contribution in [2.45, 2.75) is 34.1 Å². The Kier molecular flexibility index (Phi) is 7.92. The fraction of sp³-hybridized carbons (Fsp3) is 0.105. The van der Waals surface area contributed by atoms with Crippen LogP contribution in [-0.2, 0) is 0 Å². The van der Waals surface area contributed by atoms with E-state index in [9.17, 15) is 5.26 Å². The first-order chi connectivity index (χ1) is 30.5. The maximum Gasteiger partial charge on any atom is 0.101 e. The Balaban J connectivity index is 1.19. The van der Waals surface area contributed by atoms with E-state index in [2.05, 4.69) is 222 Å². The molecule has 1 aliphatic rings. The van der Waals surface area contributed by atoms with Gasteiger partial charge in [0.1, 0.15) is 6.07 Å². The fourth-order valence-corrected chi connectivity index (χ4v) is 10.7. The Morgan fingerprint density at radius 3 is 1.76 bits per heavy atom. The maximum atomic E-state index is 11.3. The van der Waals surface area contributed by atoms with Gasteiger partial charge in [-0.15, -0.1) is 0 Å². The molecule has 0 N–H and O–H groups in total. The number of allylic oxidation sites excluding steroid dienone is 8. The summed E-state index contributed by atoms with van der Waals surface area (Å²) in [5.41, 5.74) is 15.0. The van der Waals surface area contributed by atoms with Crippen LogP contribution in [0.5, 0.6) is 0 Å². The van der Waals surface area contributed by atoms with Crippen LogP contribution in [-0.4, -0.2) is 18.3 Å². The molecule has 0 radical (unpaired) electrons. The molecule has 0 amide bonds. The molecule has 4 heterocycles. The van der Waals surface area contributed by atoms with E-state index in [1.807, 2.05) is 0 Å². The van der Waals surface area contributed by atoms with Crippen LogP contribution in [0.2, 0.25) is 0 Å². The third-order valence-electron chi connectivity index (χ3n) is 13.3. The van der Waals surface area contributed by atoms with Crippen LogP contribution in [0.4, 0.5) is 0 Å². The highest BCUT2D eigenvalue weighted by Crippen LogP contribution is 2.46. The van der Waals surface area contributed by atoms with Crippen LogP contribution in [0.15, 0.2) is 170 Å². The maximum absolute atomic E-state index is 11.3. The number of fused-ring (bicyclic) bond motifs is 14. The van der Waals surface area contributed by atoms with Crippen molar-refractivity contribution < 1.29 is 0 Å². The van der Waals surface area contributed by atoms with Crippen LogP contribution >= 0.6 is 0 Å². The van der Waals surface area contributed by atoms with Crippen molar-refractivity contribution in [2.75, 3.05) is 0 Å². The van der Waals surface area contributed by atoms with Gasteiger partial charge in [-0.25, -0.2) is 0 Å². The zero-order valence-electron chi connectivity index (χ0n) is 35.2. The molecule has 11 aromatic rings. The molecule has 7 aromatic carbocycles. The molecule has 5 heteroatoms. The van der Waals surface area contributed by atoms with E-state index in [1.165, 1.54) is 49.0 Å². The van der Waals surface area contributed by atoms with Crippen LogP contribution in [0.1, 0.15) is 38.3 Å². The summed E-state index contributed by atoms with van der Waals surface area (Å²) in [7, 11) is 0. The lowest BCUT2D eigenvalue weighted by Gasteiger charge is -2.17. The van der Waals surface area contributed by atoms with Crippen LogP contribution in [0, 0.1) is 24.2 Å². The number of aromatic nitrogens is 4. The van der Waals surface area contributed by atoms with Gasteiger partial charge >= 0.3 is 0 Å². The first-order valence-corrected chi connectivity index (χ1v) is 21.6. The minimum absolute atomic E-state index is 0.458. The summed E-state index contributed by atoms with van der Waals surface area (Å²) in [5, 5.41) is 20.8. The van der Waals surface area contributed by atoms with Gasteiger partial charge in [-0.05, 0) is 99.4 Å². The number of para-hydroxylation sites is 4. The van der Waals surface area contributed by atoms with E-state index in [0.29, 0.717) is 11.5 Å². The van der Waals surface area contributed by atoms with Gasteiger partial charge in [0.15, 0.2) is 0 Å². The number of hydrogen-bond donors (Lipinski definition) is 0. The van der Waals surface area contributed by atoms with Gasteiger partial charge in [0.05, 0.1) is 61.1 Å². The van der Waals surface area contributed by atoms with Crippen molar-refractivity contribution in [3.05, 3.63) is 181 Å². The number of aryl methyl sites for hydroxylation is 1. The van der Waals surface area contributed by atoms with E-state index in [4.69, 9.17) is 0 Å². The molecule has 0 aliphatic heterocycles. The van der Waals surface area contributed by atoms with E-state index in [0.717, 1.165) is 72.9 Å². The number of rotatable bonds is 5. The molecule has 0 saturated carbocycles. The lowest BCUT2D eigenvalue weighted by Crippen LogP contribution is -2.04. The predicted molar refractivity (Wildman–Crippen MR) is 263 cm³/mol. The highest BCUT2D eigenvalue weighted by Gasteiger charge is 2.26. The topological polar surface area (TPSA) is 43.5 Å². The molecule has 4 aromatic heterocycles. The molecule has 0 unspecified atom stereocenters. The smallest absolute Gasteiger partial charge is 0.101 e. The minimum Gasteiger partial charge on any atom is -0.310 e. The molecule has 0 saturated heterocycles. The van der Waals surface area contributed by atoms with E-state index < -0.39 is 0 Å². The van der Waals surface area contributed by atoms with E-state index in [1.54, 1.807) is 0 Å². The molecule has 296 valence electrons. The zero-order chi connectivity index (χ0) is 41.8. The highest BCUT2D eigenvalue weighted by atomic mass is 15.0. The average molecular weight is 798 g/mol. The predicted octanol–water partition coefficient (Wildman–Crippen LogP) is 15.2. The fourth-order valence-electron chi connectivity index (χ4n) is 10.7. The molecular formula is C57H43N5. The van der Waals surface area contributed by atoms with Crippen molar-refractivity contribution in [1.29, 1.82) is 5.26 Å². The Morgan fingerprint density at radius 2 is 1.15 bits per heavy atom. The van der Waals surface area contributed by atoms with Gasteiger partial charge in [0, 0.05) is 54.5 Å². The summed E-state index contributed by atoms with van der Waals surface area (Å²) in [4.78, 5) is 0. The summed E-state index contributed by atoms with van der Waals surface area (Å²) in [6.07, 6.45) is 14.5. The van der Waals surface area contributed by atoms with Crippen molar-refractivity contribution in [3.8, 4) is 17.4 Å². The van der Waals surface area contributed by atoms with Crippen molar-refractivity contribution in [1.82, 2.24) is 18.3 Å². The first-order valence-electron chi connectivity index (χ1n) is 21.6. The molecule has 0 spiro atoms. The summed E-state index contributed by atoms with van der Waals surface area (Å²) in [6, 6.07) is 51.1. The third-order valence-corrected chi connectivity index (χ3v) is 13.3. The van der Waals surface area contributed by atoms with Crippen LogP contribution in [0.3, 0.4) is 0 Å². The Morgan fingerprint density at radius 1 is 0.597 bits per heavy atom. The van der Waals surface area contributed by atoms with Crippen LogP contribution < -0.4 is 0 Å². The van der Waals surface area contributed by atoms with E-state index in [-0.39, 0.29) is 0 Å². The second-order valence-corrected chi connectivity index (χ2v) is 16.8. The monoisotopic (exact) mass is 797 g/mol. The largest absolute Gasteiger partial charge is 0.310 e. The second-order valence-electron chi connectivity index (χ2n) is 16.8. The standard InChI is InChI=1S/C57H43N5/c1-5-16-38(6-2)59-48-25-13-9-21-44(48)54-50(59)29-27-43-41-20-8-12-24-47(41)62(57(43)54)53-32-36(4)52(33-37(53)34-58)61-46-23-11-7-19-40(46)42-28-30-51-55(56(42)61)45-22-10-14-26-49(45)60(51)39-18-15-17-35(3)31-39/h5-16,18-33,35H,17H2,1-4H3/b16-5-,38-6+/t35-/m0/s1. The lowest BCUT2D eigenvalue weighted by atomic mass is 10.0. The van der Waals surface area contributed by atoms with E-state index >= 15 is 0 Å². The molecule has 0 bridgehead atoms.